The van der Waals surface area contributed by atoms with Crippen molar-refractivity contribution in [2.75, 3.05) is 17.2 Å². The average Bonchev–Trinajstić information content (AvgIpc) is 2.49. The van der Waals surface area contributed by atoms with Crippen LogP contribution in [-0.4, -0.2) is 17.4 Å². The predicted molar refractivity (Wildman–Crippen MR) is 82.4 cm³/mol. The Morgan fingerprint density at radius 1 is 1.29 bits per heavy atom. The van der Waals surface area contributed by atoms with Crippen molar-refractivity contribution in [2.24, 2.45) is 0 Å². The highest BCUT2D eigenvalue weighted by Gasteiger charge is 2.09. The summed E-state index contributed by atoms with van der Waals surface area (Å²) in [6.07, 6.45) is 2.53. The number of nitrogens with one attached hydrogen (secondary N) is 2. The van der Waals surface area contributed by atoms with Crippen LogP contribution in [0.1, 0.15) is 23.8 Å². The van der Waals surface area contributed by atoms with Gasteiger partial charge in [0, 0.05) is 24.1 Å². The van der Waals surface area contributed by atoms with Crippen LogP contribution in [0.5, 0.6) is 0 Å². The average molecular weight is 308 g/mol. The van der Waals surface area contributed by atoms with Crippen LogP contribution in [0.15, 0.2) is 36.5 Å². The Balaban J connectivity index is 2.10. The highest BCUT2D eigenvalue weighted by atomic mass is 35.5. The van der Waals surface area contributed by atoms with Crippen LogP contribution < -0.4 is 10.6 Å². The van der Waals surface area contributed by atoms with E-state index in [0.29, 0.717) is 5.69 Å². The molecule has 0 bridgehead atoms. The van der Waals surface area contributed by atoms with Gasteiger partial charge in [0.1, 0.15) is 11.5 Å². The van der Waals surface area contributed by atoms with E-state index in [2.05, 4.69) is 22.5 Å². The van der Waals surface area contributed by atoms with Gasteiger partial charge in [0.25, 0.3) is 5.91 Å². The molecule has 4 nitrogen and oxygen atoms in total. The van der Waals surface area contributed by atoms with E-state index in [1.165, 1.54) is 18.2 Å². The molecule has 21 heavy (non-hydrogen) atoms. The van der Waals surface area contributed by atoms with Crippen LogP contribution in [0.25, 0.3) is 0 Å². The minimum absolute atomic E-state index is 0.0110. The van der Waals surface area contributed by atoms with Crippen molar-refractivity contribution in [1.82, 2.24) is 4.98 Å². The van der Waals surface area contributed by atoms with E-state index >= 15 is 0 Å². The number of aromatic nitrogens is 1. The first-order chi connectivity index (χ1) is 10.1. The number of carbonyl (C=O) groups is 1. The molecule has 1 aromatic heterocycles. The van der Waals surface area contributed by atoms with Gasteiger partial charge in [-0.2, -0.15) is 0 Å². The molecule has 1 amide bonds. The van der Waals surface area contributed by atoms with Crippen LogP contribution >= 0.6 is 11.6 Å². The second-order valence-electron chi connectivity index (χ2n) is 4.44. The quantitative estimate of drug-likeness (QED) is 0.879. The van der Waals surface area contributed by atoms with Gasteiger partial charge in [-0.05, 0) is 36.8 Å². The maximum absolute atomic E-state index is 13.3. The molecular formula is C15H15ClFN3O. The minimum atomic E-state index is -0.583. The van der Waals surface area contributed by atoms with Crippen molar-refractivity contribution in [3.05, 3.63) is 53.1 Å². The molecule has 0 saturated carbocycles. The van der Waals surface area contributed by atoms with Gasteiger partial charge in [-0.15, -0.1) is 0 Å². The topological polar surface area (TPSA) is 54.0 Å². The zero-order valence-electron chi connectivity index (χ0n) is 11.5. The summed E-state index contributed by atoms with van der Waals surface area (Å²) in [5.74, 6) is -0.988. The Bertz CT molecular complexity index is 649. The van der Waals surface area contributed by atoms with Crippen molar-refractivity contribution in [3.8, 4) is 0 Å². The van der Waals surface area contributed by atoms with E-state index in [9.17, 15) is 9.18 Å². The monoisotopic (exact) mass is 307 g/mol. The lowest BCUT2D eigenvalue weighted by atomic mass is 10.2. The van der Waals surface area contributed by atoms with Gasteiger partial charge < -0.3 is 10.6 Å². The predicted octanol–water partition coefficient (Wildman–Crippen LogP) is 3.95. The lowest BCUT2D eigenvalue weighted by Crippen LogP contribution is -2.14. The van der Waals surface area contributed by atoms with Crippen LogP contribution in [-0.2, 0) is 0 Å². The Kier molecular flexibility index (Phi) is 5.11. The summed E-state index contributed by atoms with van der Waals surface area (Å²) in [6.45, 7) is 2.87. The molecule has 110 valence electrons. The summed E-state index contributed by atoms with van der Waals surface area (Å²) in [5, 5.41) is 5.77. The van der Waals surface area contributed by atoms with Gasteiger partial charge in [-0.25, -0.2) is 4.39 Å². The number of hydrogen-bond acceptors (Lipinski definition) is 3. The molecular weight excluding hydrogens is 293 g/mol. The largest absolute Gasteiger partial charge is 0.385 e. The molecule has 0 spiro atoms. The van der Waals surface area contributed by atoms with Gasteiger partial charge in [0.15, 0.2) is 0 Å². The number of pyridine rings is 1. The fourth-order valence-electron chi connectivity index (χ4n) is 1.70. The summed E-state index contributed by atoms with van der Waals surface area (Å²) in [7, 11) is 0. The van der Waals surface area contributed by atoms with Crippen molar-refractivity contribution in [2.45, 2.75) is 13.3 Å². The summed E-state index contributed by atoms with van der Waals surface area (Å²) < 4.78 is 13.3. The van der Waals surface area contributed by atoms with Crippen molar-refractivity contribution in [1.29, 1.82) is 0 Å². The number of carbonyl (C=O) groups excluding carboxylic acids is 1. The molecule has 2 N–H and O–H groups in total. The highest BCUT2D eigenvalue weighted by molar-refractivity contribution is 6.30. The molecule has 0 aliphatic carbocycles. The Morgan fingerprint density at radius 3 is 2.81 bits per heavy atom. The van der Waals surface area contributed by atoms with E-state index in [4.69, 9.17) is 11.6 Å². The van der Waals surface area contributed by atoms with Crippen LogP contribution in [0, 0.1) is 5.82 Å². The molecule has 0 unspecified atom stereocenters. The second kappa shape index (κ2) is 7.04. The van der Waals surface area contributed by atoms with E-state index in [0.717, 1.165) is 18.7 Å². The zero-order valence-corrected chi connectivity index (χ0v) is 12.2. The molecule has 0 aliphatic rings. The maximum Gasteiger partial charge on any atom is 0.274 e. The van der Waals surface area contributed by atoms with E-state index in [1.807, 2.05) is 0 Å². The Hall–Kier alpha value is -2.14. The number of nitrogens with zero attached hydrogens (tertiary/aromatic N) is 1. The molecule has 2 aromatic rings. The molecule has 1 heterocycles. The van der Waals surface area contributed by atoms with Crippen LogP contribution in [0.4, 0.5) is 15.8 Å². The lowest BCUT2D eigenvalue weighted by Gasteiger charge is -2.08. The molecule has 0 atom stereocenters. The first kappa shape index (κ1) is 15.3. The first-order valence-electron chi connectivity index (χ1n) is 6.56. The Labute approximate surface area is 127 Å². The van der Waals surface area contributed by atoms with Gasteiger partial charge in [-0.3, -0.25) is 9.78 Å². The summed E-state index contributed by atoms with van der Waals surface area (Å²) in [4.78, 5) is 16.1. The van der Waals surface area contributed by atoms with Crippen molar-refractivity contribution in [3.63, 3.8) is 0 Å². The standard InChI is InChI=1S/C15H15ClFN3O/c1-2-6-18-10-5-7-19-14(9-10)15(21)20-11-3-4-12(16)13(17)8-11/h3-5,7-9H,2,6H2,1H3,(H,18,19)(H,20,21). The minimum Gasteiger partial charge on any atom is -0.385 e. The summed E-state index contributed by atoms with van der Waals surface area (Å²) >= 11 is 5.60. The fraction of sp³-hybridized carbons (Fsp3) is 0.200. The van der Waals surface area contributed by atoms with Gasteiger partial charge in [0.05, 0.1) is 5.02 Å². The summed E-state index contributed by atoms with van der Waals surface area (Å²) in [6, 6.07) is 7.52. The van der Waals surface area contributed by atoms with Gasteiger partial charge in [-0.1, -0.05) is 18.5 Å². The Morgan fingerprint density at radius 2 is 2.10 bits per heavy atom. The molecule has 0 saturated heterocycles. The SMILES string of the molecule is CCCNc1ccnc(C(=O)Nc2ccc(Cl)c(F)c2)c1. The molecule has 6 heteroatoms. The number of halogens is 2. The van der Waals surface area contributed by atoms with E-state index < -0.39 is 11.7 Å². The third-order valence-electron chi connectivity index (χ3n) is 2.75. The normalized spacial score (nSPS) is 10.2. The molecule has 0 radical (unpaired) electrons. The number of anilines is 2. The molecule has 1 aromatic carbocycles. The van der Waals surface area contributed by atoms with Gasteiger partial charge in [0.2, 0.25) is 0 Å². The number of rotatable bonds is 5. The highest BCUT2D eigenvalue weighted by Crippen LogP contribution is 2.19. The molecule has 0 aliphatic heterocycles. The second-order valence-corrected chi connectivity index (χ2v) is 4.85. The van der Waals surface area contributed by atoms with E-state index in [-0.39, 0.29) is 10.7 Å². The fourth-order valence-corrected chi connectivity index (χ4v) is 1.82. The number of amides is 1. The van der Waals surface area contributed by atoms with Gasteiger partial charge >= 0.3 is 0 Å². The smallest absolute Gasteiger partial charge is 0.274 e. The van der Waals surface area contributed by atoms with Crippen LogP contribution in [0.2, 0.25) is 5.02 Å². The first-order valence-corrected chi connectivity index (χ1v) is 6.94. The molecule has 2 rings (SSSR count). The zero-order chi connectivity index (χ0) is 15.2. The molecule has 0 fully saturated rings. The van der Waals surface area contributed by atoms with E-state index in [1.54, 1.807) is 18.3 Å². The van der Waals surface area contributed by atoms with Crippen molar-refractivity contribution < 1.29 is 9.18 Å². The third-order valence-corrected chi connectivity index (χ3v) is 3.06. The number of benzene rings is 1. The maximum atomic E-state index is 13.3. The lowest BCUT2D eigenvalue weighted by molar-refractivity contribution is 0.102. The van der Waals surface area contributed by atoms with Crippen molar-refractivity contribution >= 4 is 28.9 Å². The summed E-state index contributed by atoms with van der Waals surface area (Å²) in [5.41, 5.74) is 1.40. The number of hydrogen-bond donors (Lipinski definition) is 2. The van der Waals surface area contributed by atoms with Crippen LogP contribution in [0.3, 0.4) is 0 Å². The third kappa shape index (κ3) is 4.16.